The first-order valence-electron chi connectivity index (χ1n) is 13.1. The van der Waals surface area contributed by atoms with E-state index in [1.807, 2.05) is 6.07 Å². The van der Waals surface area contributed by atoms with Gasteiger partial charge < -0.3 is 14.2 Å². The number of sulfonamides is 2. The Bertz CT molecular complexity index is 1290. The van der Waals surface area contributed by atoms with Crippen molar-refractivity contribution in [2.75, 3.05) is 27.4 Å². The fourth-order valence-corrected chi connectivity index (χ4v) is 8.09. The third kappa shape index (κ3) is 6.51. The Labute approximate surface area is 226 Å². The van der Waals surface area contributed by atoms with Crippen molar-refractivity contribution in [2.45, 2.75) is 73.9 Å². The van der Waals surface area contributed by atoms with E-state index >= 15 is 0 Å². The third-order valence-corrected chi connectivity index (χ3v) is 10.8. The van der Waals surface area contributed by atoms with Crippen molar-refractivity contribution in [3.05, 3.63) is 48.0 Å². The van der Waals surface area contributed by atoms with Crippen molar-refractivity contribution in [1.82, 2.24) is 9.03 Å². The number of benzene rings is 2. The van der Waals surface area contributed by atoms with Crippen LogP contribution in [0.25, 0.3) is 0 Å². The number of methoxy groups -OCH3 is 2. The predicted octanol–water partition coefficient (Wildman–Crippen LogP) is 3.93. The summed E-state index contributed by atoms with van der Waals surface area (Å²) in [6.45, 7) is 3.09. The van der Waals surface area contributed by atoms with Crippen molar-refractivity contribution >= 4 is 20.0 Å². The van der Waals surface area contributed by atoms with Crippen LogP contribution < -0.4 is 14.2 Å². The van der Waals surface area contributed by atoms with Crippen molar-refractivity contribution in [3.63, 3.8) is 0 Å². The highest BCUT2D eigenvalue weighted by Crippen LogP contribution is 2.35. The molecule has 11 heteroatoms. The average molecular weight is 567 g/mol. The van der Waals surface area contributed by atoms with Gasteiger partial charge in [-0.1, -0.05) is 25.8 Å². The van der Waals surface area contributed by atoms with E-state index in [1.54, 1.807) is 30.7 Å². The summed E-state index contributed by atoms with van der Waals surface area (Å²) >= 11 is 0. The first-order chi connectivity index (χ1) is 18.2. The van der Waals surface area contributed by atoms with Crippen LogP contribution in [-0.2, 0) is 31.3 Å². The summed E-state index contributed by atoms with van der Waals surface area (Å²) in [6, 6.07) is 10.7. The zero-order valence-corrected chi connectivity index (χ0v) is 23.9. The molecule has 1 saturated heterocycles. The Balaban J connectivity index is 1.60. The summed E-state index contributed by atoms with van der Waals surface area (Å²) in [4.78, 5) is 0.0840. The molecule has 0 unspecified atom stereocenters. The molecule has 210 valence electrons. The monoisotopic (exact) mass is 566 g/mol. The van der Waals surface area contributed by atoms with Gasteiger partial charge >= 0.3 is 0 Å². The second-order valence-corrected chi connectivity index (χ2v) is 13.7. The van der Waals surface area contributed by atoms with Gasteiger partial charge in [-0.25, -0.2) is 21.6 Å². The Morgan fingerprint density at radius 3 is 2.21 bits per heavy atom. The minimum absolute atomic E-state index is 0.0203. The van der Waals surface area contributed by atoms with E-state index in [-0.39, 0.29) is 40.9 Å². The molecule has 1 saturated carbocycles. The smallest absolute Gasteiger partial charge is 0.243 e. The van der Waals surface area contributed by atoms with Gasteiger partial charge in [0.05, 0.1) is 30.1 Å². The van der Waals surface area contributed by atoms with Gasteiger partial charge in [0.15, 0.2) is 11.5 Å². The lowest BCUT2D eigenvalue weighted by molar-refractivity contribution is 0.114. The van der Waals surface area contributed by atoms with E-state index in [0.29, 0.717) is 18.1 Å². The fourth-order valence-electron chi connectivity index (χ4n) is 5.28. The van der Waals surface area contributed by atoms with Crippen LogP contribution in [0.3, 0.4) is 0 Å². The molecule has 1 aliphatic carbocycles. The van der Waals surface area contributed by atoms with Gasteiger partial charge in [-0.2, -0.15) is 4.31 Å². The fraction of sp³-hybridized carbons (Fsp3) is 0.556. The number of nitrogens with one attached hydrogen (secondary N) is 1. The number of nitrogens with zero attached hydrogens (tertiary/aromatic N) is 1. The predicted molar refractivity (Wildman–Crippen MR) is 144 cm³/mol. The molecule has 1 aliphatic heterocycles. The average Bonchev–Trinajstić information content (AvgIpc) is 3.45. The van der Waals surface area contributed by atoms with E-state index in [1.165, 1.54) is 24.3 Å². The van der Waals surface area contributed by atoms with E-state index in [0.717, 1.165) is 44.1 Å². The van der Waals surface area contributed by atoms with Gasteiger partial charge in [0.2, 0.25) is 20.0 Å². The molecule has 3 atom stereocenters. The van der Waals surface area contributed by atoms with Crippen LogP contribution >= 0.6 is 0 Å². The molecule has 0 radical (unpaired) electrons. The summed E-state index contributed by atoms with van der Waals surface area (Å²) in [6.07, 6.45) is 5.36. The SMILES string of the molecule is COc1ccc(CN([C@@H]2CCCC[C@H]2C)S(=O)(=O)c2ccc(S(=O)(=O)NC[C@@H]3CCCO3)cc2)cc1OC. The van der Waals surface area contributed by atoms with Crippen LogP contribution in [0.2, 0.25) is 0 Å². The minimum Gasteiger partial charge on any atom is -0.493 e. The Kier molecular flexibility index (Phi) is 9.36. The van der Waals surface area contributed by atoms with E-state index in [4.69, 9.17) is 14.2 Å². The molecule has 0 spiro atoms. The van der Waals surface area contributed by atoms with Gasteiger partial charge in [-0.3, -0.25) is 0 Å². The van der Waals surface area contributed by atoms with Crippen LogP contribution in [0.15, 0.2) is 52.3 Å². The first-order valence-corrected chi connectivity index (χ1v) is 16.0. The van der Waals surface area contributed by atoms with E-state index in [9.17, 15) is 16.8 Å². The van der Waals surface area contributed by atoms with E-state index < -0.39 is 20.0 Å². The molecule has 0 aromatic heterocycles. The highest BCUT2D eigenvalue weighted by molar-refractivity contribution is 7.89. The molecule has 2 fully saturated rings. The molecule has 4 rings (SSSR count). The molecular formula is C27H38N2O7S2. The van der Waals surface area contributed by atoms with Crippen LogP contribution in [-0.4, -0.2) is 60.7 Å². The Hall–Kier alpha value is -2.18. The molecule has 0 bridgehead atoms. The summed E-state index contributed by atoms with van der Waals surface area (Å²) in [5.74, 6) is 1.30. The lowest BCUT2D eigenvalue weighted by Crippen LogP contribution is -2.44. The Morgan fingerprint density at radius 1 is 0.895 bits per heavy atom. The van der Waals surface area contributed by atoms with Crippen LogP contribution in [0.4, 0.5) is 0 Å². The largest absolute Gasteiger partial charge is 0.493 e. The number of hydrogen-bond donors (Lipinski definition) is 1. The molecule has 2 aliphatic rings. The van der Waals surface area contributed by atoms with Crippen LogP contribution in [0, 0.1) is 5.92 Å². The van der Waals surface area contributed by atoms with Gasteiger partial charge in [0.25, 0.3) is 0 Å². The number of rotatable bonds is 11. The van der Waals surface area contributed by atoms with Crippen molar-refractivity contribution < 1.29 is 31.0 Å². The zero-order chi connectivity index (χ0) is 27.3. The maximum atomic E-state index is 14.0. The molecule has 38 heavy (non-hydrogen) atoms. The van der Waals surface area contributed by atoms with Crippen molar-refractivity contribution in [2.24, 2.45) is 5.92 Å². The van der Waals surface area contributed by atoms with Gasteiger partial charge in [-0.15, -0.1) is 0 Å². The second-order valence-electron chi connectivity index (χ2n) is 10.0. The van der Waals surface area contributed by atoms with Crippen molar-refractivity contribution in [1.29, 1.82) is 0 Å². The first kappa shape index (κ1) is 28.8. The van der Waals surface area contributed by atoms with Crippen molar-refractivity contribution in [3.8, 4) is 11.5 Å². The maximum Gasteiger partial charge on any atom is 0.243 e. The zero-order valence-electron chi connectivity index (χ0n) is 22.3. The molecule has 0 amide bonds. The van der Waals surface area contributed by atoms with Gasteiger partial charge in [0.1, 0.15) is 0 Å². The van der Waals surface area contributed by atoms with E-state index in [2.05, 4.69) is 11.6 Å². The third-order valence-electron chi connectivity index (χ3n) is 7.49. The normalized spacial score (nSPS) is 22.5. The quantitative estimate of drug-likeness (QED) is 0.439. The molecule has 9 nitrogen and oxygen atoms in total. The molecule has 1 N–H and O–H groups in total. The maximum absolute atomic E-state index is 14.0. The summed E-state index contributed by atoms with van der Waals surface area (Å²) in [7, 11) is -4.61. The van der Waals surface area contributed by atoms with Crippen LogP contribution in [0.5, 0.6) is 11.5 Å². The van der Waals surface area contributed by atoms with Crippen LogP contribution in [0.1, 0.15) is 51.0 Å². The second kappa shape index (κ2) is 12.3. The lowest BCUT2D eigenvalue weighted by atomic mass is 9.86. The lowest BCUT2D eigenvalue weighted by Gasteiger charge is -2.38. The Morgan fingerprint density at radius 2 is 1.58 bits per heavy atom. The summed E-state index contributed by atoms with van der Waals surface area (Å²) in [5, 5.41) is 0. The molecule has 2 aromatic rings. The number of hydrogen-bond acceptors (Lipinski definition) is 7. The van der Waals surface area contributed by atoms with Gasteiger partial charge in [0, 0.05) is 25.7 Å². The summed E-state index contributed by atoms with van der Waals surface area (Å²) in [5.41, 5.74) is 0.779. The topological polar surface area (TPSA) is 111 Å². The van der Waals surface area contributed by atoms with Gasteiger partial charge in [-0.05, 0) is 73.6 Å². The standard InChI is InChI=1S/C27H38N2O7S2/c1-20-7-4-5-9-25(20)29(19-21-10-15-26(34-2)27(17-21)35-3)38(32,33)24-13-11-23(12-14-24)37(30,31)28-18-22-8-6-16-36-22/h10-15,17,20,22,25,28H,4-9,16,18-19H2,1-3H3/t20-,22+,25-/m1/s1. The summed E-state index contributed by atoms with van der Waals surface area (Å²) < 4.78 is 74.0. The molecular weight excluding hydrogens is 528 g/mol. The molecule has 1 heterocycles. The molecule has 2 aromatic carbocycles. The highest BCUT2D eigenvalue weighted by Gasteiger charge is 2.36. The number of ether oxygens (including phenoxy) is 3. The highest BCUT2D eigenvalue weighted by atomic mass is 32.2. The minimum atomic E-state index is -3.93.